The van der Waals surface area contributed by atoms with E-state index in [9.17, 15) is 35.1 Å². The van der Waals surface area contributed by atoms with Crippen LogP contribution in [-0.4, -0.2) is 100 Å². The number of carbonyl (C=O) groups excluding carboxylic acids is 2. The first-order chi connectivity index (χ1) is 41.2. The van der Waals surface area contributed by atoms with Crippen molar-refractivity contribution in [2.45, 2.75) is 358 Å². The Morgan fingerprint density at radius 2 is 0.821 bits per heavy atom. The summed E-state index contributed by atoms with van der Waals surface area (Å²) in [5.74, 6) is -0.209. The standard InChI is InChI=1S/C73H131NO10/c1-3-5-7-9-11-13-15-17-32-35-39-43-47-51-55-59-66(76)65(64-83-73-72(81)71(80)70(79)67(63-75)84-73)74-68(77)60-56-52-48-44-40-36-33-30-28-26-24-22-20-19-21-23-25-27-29-31-34-38-42-46-50-54-58-62-82-69(78)61-57-53-49-45-41-37-18-16-14-12-10-8-6-4-2/h10,12,16,18-20,23,25,39,43,55,59,65-67,70-73,75-76,79-81H,3-9,11,13-15,17,21-22,24,26-38,40-42,44-54,56-58,60-64H2,1-2H3,(H,74,77)/b12-10-,18-16-,20-19-,25-23-,43-39+,59-55+. The van der Waals surface area contributed by atoms with Gasteiger partial charge in [0.05, 0.1) is 32.0 Å². The summed E-state index contributed by atoms with van der Waals surface area (Å²) in [7, 11) is 0. The number of allylic oxidation sites excluding steroid dienone is 11. The molecular weight excluding hydrogens is 1050 g/mol. The van der Waals surface area contributed by atoms with Gasteiger partial charge in [-0.3, -0.25) is 9.59 Å². The average Bonchev–Trinajstić information content (AvgIpc) is 3.66. The van der Waals surface area contributed by atoms with Crippen molar-refractivity contribution in [3.8, 4) is 0 Å². The second-order valence-corrected chi connectivity index (χ2v) is 24.2. The molecule has 1 aliphatic rings. The van der Waals surface area contributed by atoms with E-state index in [2.05, 4.69) is 79.9 Å². The Morgan fingerprint density at radius 3 is 1.29 bits per heavy atom. The minimum absolute atomic E-state index is 0.0144. The SMILES string of the molecule is CCCC/C=C\C/C=C\CCCCCCCC(=O)OCCCCCCCCCCC/C=C\C/C=C\CCCCCCCCCCCCCC(=O)NC(COC1OC(CO)C(O)C(O)C1O)C(O)/C=C/CC/C=C/CCCCCCCCCCC. The maximum Gasteiger partial charge on any atom is 0.305 e. The number of carbonyl (C=O) groups is 2. The number of ether oxygens (including phenoxy) is 3. The lowest BCUT2D eigenvalue weighted by Crippen LogP contribution is -2.60. The molecule has 1 aliphatic heterocycles. The first-order valence-electron chi connectivity index (χ1n) is 35.2. The predicted octanol–water partition coefficient (Wildman–Crippen LogP) is 17.9. The first-order valence-corrected chi connectivity index (χ1v) is 35.2. The molecule has 1 amide bonds. The Bertz CT molecular complexity index is 1630. The summed E-state index contributed by atoms with van der Waals surface area (Å²) in [4.78, 5) is 25.1. The van der Waals surface area contributed by atoms with Crippen molar-refractivity contribution in [2.75, 3.05) is 19.8 Å². The van der Waals surface area contributed by atoms with Crippen LogP contribution in [0.25, 0.3) is 0 Å². The second kappa shape index (κ2) is 61.7. The van der Waals surface area contributed by atoms with Crippen LogP contribution in [0.5, 0.6) is 0 Å². The number of amides is 1. The number of hydrogen-bond donors (Lipinski definition) is 6. The van der Waals surface area contributed by atoms with Gasteiger partial charge in [-0.25, -0.2) is 0 Å². The van der Waals surface area contributed by atoms with Crippen LogP contribution in [0.15, 0.2) is 72.9 Å². The van der Waals surface area contributed by atoms with Crippen LogP contribution in [0.3, 0.4) is 0 Å². The van der Waals surface area contributed by atoms with E-state index < -0.39 is 49.5 Å². The van der Waals surface area contributed by atoms with E-state index in [4.69, 9.17) is 14.2 Å². The lowest BCUT2D eigenvalue weighted by Gasteiger charge is -2.40. The molecule has 7 unspecified atom stereocenters. The third-order valence-electron chi connectivity index (χ3n) is 16.3. The van der Waals surface area contributed by atoms with Gasteiger partial charge in [0.15, 0.2) is 6.29 Å². The van der Waals surface area contributed by atoms with Gasteiger partial charge >= 0.3 is 5.97 Å². The molecule has 0 aromatic heterocycles. The highest BCUT2D eigenvalue weighted by Gasteiger charge is 2.44. The van der Waals surface area contributed by atoms with Crippen molar-refractivity contribution in [3.05, 3.63) is 72.9 Å². The van der Waals surface area contributed by atoms with Crippen molar-refractivity contribution >= 4 is 11.9 Å². The van der Waals surface area contributed by atoms with E-state index >= 15 is 0 Å². The second-order valence-electron chi connectivity index (χ2n) is 24.2. The summed E-state index contributed by atoms with van der Waals surface area (Å²) < 4.78 is 16.7. The van der Waals surface area contributed by atoms with Crippen molar-refractivity contribution in [3.63, 3.8) is 0 Å². The summed E-state index contributed by atoms with van der Waals surface area (Å²) >= 11 is 0. The Labute approximate surface area is 515 Å². The number of rotatable bonds is 61. The van der Waals surface area contributed by atoms with E-state index in [1.165, 1.54) is 199 Å². The van der Waals surface area contributed by atoms with E-state index in [1.54, 1.807) is 6.08 Å². The number of unbranched alkanes of at least 4 members (excludes halogenated alkanes) is 37. The molecule has 11 heteroatoms. The summed E-state index contributed by atoms with van der Waals surface area (Å²) in [6.07, 6.45) is 73.0. The fourth-order valence-corrected chi connectivity index (χ4v) is 10.7. The molecule has 0 spiro atoms. The zero-order valence-electron chi connectivity index (χ0n) is 54.1. The highest BCUT2D eigenvalue weighted by molar-refractivity contribution is 5.76. The molecule has 1 rings (SSSR count). The largest absolute Gasteiger partial charge is 0.466 e. The molecule has 0 aromatic carbocycles. The molecule has 1 fully saturated rings. The zero-order valence-corrected chi connectivity index (χ0v) is 54.1. The van der Waals surface area contributed by atoms with Crippen LogP contribution in [0.1, 0.15) is 316 Å². The molecule has 0 aromatic rings. The van der Waals surface area contributed by atoms with Crippen LogP contribution in [0.4, 0.5) is 0 Å². The van der Waals surface area contributed by atoms with Gasteiger partial charge in [0.2, 0.25) is 5.91 Å². The molecule has 0 bridgehead atoms. The van der Waals surface area contributed by atoms with E-state index in [-0.39, 0.29) is 18.5 Å². The lowest BCUT2D eigenvalue weighted by atomic mass is 9.99. The van der Waals surface area contributed by atoms with Crippen LogP contribution < -0.4 is 5.32 Å². The molecule has 1 heterocycles. The maximum atomic E-state index is 13.1. The van der Waals surface area contributed by atoms with Gasteiger partial charge < -0.3 is 45.1 Å². The molecule has 11 nitrogen and oxygen atoms in total. The van der Waals surface area contributed by atoms with Crippen LogP contribution in [0, 0.1) is 0 Å². The van der Waals surface area contributed by atoms with E-state index in [1.807, 2.05) is 6.08 Å². The Balaban J connectivity index is 2.03. The zero-order chi connectivity index (χ0) is 60.9. The number of hydrogen-bond acceptors (Lipinski definition) is 10. The normalized spacial score (nSPS) is 18.5. The van der Waals surface area contributed by atoms with Gasteiger partial charge in [0.25, 0.3) is 0 Å². The molecule has 7 atom stereocenters. The number of aliphatic hydroxyl groups is 5. The number of aliphatic hydroxyl groups excluding tert-OH is 5. The quantitative estimate of drug-likeness (QED) is 0.0195. The van der Waals surface area contributed by atoms with Crippen LogP contribution in [0.2, 0.25) is 0 Å². The fourth-order valence-electron chi connectivity index (χ4n) is 10.7. The van der Waals surface area contributed by atoms with Crippen LogP contribution in [-0.2, 0) is 23.8 Å². The average molecular weight is 1180 g/mol. The van der Waals surface area contributed by atoms with E-state index in [0.717, 1.165) is 89.9 Å². The molecule has 0 saturated carbocycles. The summed E-state index contributed by atoms with van der Waals surface area (Å²) in [6.45, 7) is 4.29. The summed E-state index contributed by atoms with van der Waals surface area (Å²) in [5.41, 5.74) is 0. The van der Waals surface area contributed by atoms with Crippen LogP contribution >= 0.6 is 0 Å². The molecule has 1 saturated heterocycles. The number of esters is 1. The molecule has 6 N–H and O–H groups in total. The Morgan fingerprint density at radius 1 is 0.440 bits per heavy atom. The first kappa shape index (κ1) is 79.1. The minimum atomic E-state index is -1.58. The topological polar surface area (TPSA) is 175 Å². The number of nitrogens with one attached hydrogen (secondary N) is 1. The molecular formula is C73H131NO10. The maximum absolute atomic E-state index is 13.1. The smallest absolute Gasteiger partial charge is 0.305 e. The van der Waals surface area contributed by atoms with Crippen molar-refractivity contribution in [1.82, 2.24) is 5.32 Å². The third-order valence-corrected chi connectivity index (χ3v) is 16.3. The van der Waals surface area contributed by atoms with Gasteiger partial charge in [-0.1, -0.05) is 273 Å². The summed E-state index contributed by atoms with van der Waals surface area (Å²) in [5, 5.41) is 54.5. The van der Waals surface area contributed by atoms with Gasteiger partial charge in [0.1, 0.15) is 24.4 Å². The lowest BCUT2D eigenvalue weighted by molar-refractivity contribution is -0.302. The summed E-state index contributed by atoms with van der Waals surface area (Å²) in [6, 6.07) is -0.832. The molecule has 0 radical (unpaired) electrons. The van der Waals surface area contributed by atoms with Gasteiger partial charge in [0, 0.05) is 12.8 Å². The Hall–Kier alpha value is -2.90. The van der Waals surface area contributed by atoms with Gasteiger partial charge in [-0.2, -0.15) is 0 Å². The highest BCUT2D eigenvalue weighted by atomic mass is 16.7. The van der Waals surface area contributed by atoms with Crippen molar-refractivity contribution < 1.29 is 49.3 Å². The Kier molecular flexibility index (Phi) is 58.1. The predicted molar refractivity (Wildman–Crippen MR) is 352 cm³/mol. The van der Waals surface area contributed by atoms with E-state index in [0.29, 0.717) is 19.4 Å². The minimum Gasteiger partial charge on any atom is -0.466 e. The highest BCUT2D eigenvalue weighted by Crippen LogP contribution is 2.23. The van der Waals surface area contributed by atoms with Crippen molar-refractivity contribution in [2.24, 2.45) is 0 Å². The monoisotopic (exact) mass is 1180 g/mol. The molecule has 488 valence electrons. The molecule has 0 aliphatic carbocycles. The van der Waals surface area contributed by atoms with Gasteiger partial charge in [-0.15, -0.1) is 0 Å². The third kappa shape index (κ3) is 50.1. The fraction of sp³-hybridized carbons (Fsp3) is 0.808. The molecule has 84 heavy (non-hydrogen) atoms. The van der Waals surface area contributed by atoms with Gasteiger partial charge in [-0.05, 0) is 103 Å². The van der Waals surface area contributed by atoms with Crippen molar-refractivity contribution in [1.29, 1.82) is 0 Å².